The molecular weight excluding hydrogens is 294 g/mol. The highest BCUT2D eigenvalue weighted by Gasteiger charge is 2.18. The minimum absolute atomic E-state index is 0.0681. The molecule has 1 aromatic heterocycles. The summed E-state index contributed by atoms with van der Waals surface area (Å²) < 4.78 is 1.71. The van der Waals surface area contributed by atoms with Gasteiger partial charge in [-0.3, -0.25) is 14.9 Å². The van der Waals surface area contributed by atoms with E-state index < -0.39 is 10.2 Å². The number of thioether (sulfide) groups is 1. The number of nitrogens with zero attached hydrogens (tertiary/aromatic N) is 4. The average Bonchev–Trinajstić information content (AvgIpc) is 2.84. The van der Waals surface area contributed by atoms with E-state index in [-0.39, 0.29) is 11.6 Å². The van der Waals surface area contributed by atoms with E-state index >= 15 is 0 Å². The Morgan fingerprint density at radius 1 is 1.52 bits per heavy atom. The van der Waals surface area contributed by atoms with E-state index in [0.29, 0.717) is 10.8 Å². The maximum absolute atomic E-state index is 12.1. The molecule has 1 N–H and O–H groups in total. The van der Waals surface area contributed by atoms with Crippen LogP contribution in [-0.2, 0) is 11.8 Å². The van der Waals surface area contributed by atoms with Crippen molar-refractivity contribution in [1.82, 2.24) is 14.8 Å². The molecular formula is C12H13N5O3S. The van der Waals surface area contributed by atoms with Crippen molar-refractivity contribution in [1.29, 1.82) is 0 Å². The predicted octanol–water partition coefficient (Wildman–Crippen LogP) is 1.84. The number of hydrogen-bond donors (Lipinski definition) is 1. The van der Waals surface area contributed by atoms with Crippen molar-refractivity contribution in [2.24, 2.45) is 7.05 Å². The molecule has 110 valence electrons. The number of aromatic nitrogens is 3. The van der Waals surface area contributed by atoms with Crippen LogP contribution in [0.5, 0.6) is 0 Å². The Balaban J connectivity index is 2.02. The molecule has 0 aliphatic heterocycles. The standard InChI is InChI=1S/C12H13N5O3S/c1-8(21-12-15-13-7-16(12)2)11(18)14-9-4-3-5-10(6-9)17(19)20/h3-8H,1-2H3,(H,14,18)/t8-/m0/s1. The number of hydrogen-bond acceptors (Lipinski definition) is 6. The van der Waals surface area contributed by atoms with Gasteiger partial charge < -0.3 is 9.88 Å². The maximum atomic E-state index is 12.1. The number of carbonyl (C=O) groups excluding carboxylic acids is 1. The van der Waals surface area contributed by atoms with Crippen molar-refractivity contribution >= 4 is 29.0 Å². The first kappa shape index (κ1) is 15.0. The highest BCUT2D eigenvalue weighted by molar-refractivity contribution is 8.00. The summed E-state index contributed by atoms with van der Waals surface area (Å²) in [7, 11) is 1.79. The molecule has 0 saturated carbocycles. The van der Waals surface area contributed by atoms with Gasteiger partial charge >= 0.3 is 0 Å². The molecule has 0 radical (unpaired) electrons. The number of anilines is 1. The molecule has 2 aromatic rings. The Morgan fingerprint density at radius 3 is 2.90 bits per heavy atom. The second-order valence-corrected chi connectivity index (χ2v) is 5.59. The Labute approximate surface area is 124 Å². The zero-order chi connectivity index (χ0) is 15.4. The van der Waals surface area contributed by atoms with E-state index in [1.165, 1.54) is 30.0 Å². The lowest BCUT2D eigenvalue weighted by molar-refractivity contribution is -0.384. The van der Waals surface area contributed by atoms with Gasteiger partial charge in [0.25, 0.3) is 5.69 Å². The maximum Gasteiger partial charge on any atom is 0.271 e. The summed E-state index contributed by atoms with van der Waals surface area (Å²) in [6.07, 6.45) is 1.55. The number of benzene rings is 1. The van der Waals surface area contributed by atoms with Gasteiger partial charge in [-0.15, -0.1) is 10.2 Å². The van der Waals surface area contributed by atoms with Crippen LogP contribution < -0.4 is 5.32 Å². The predicted molar refractivity (Wildman–Crippen MR) is 78.0 cm³/mol. The summed E-state index contributed by atoms with van der Waals surface area (Å²) >= 11 is 1.26. The average molecular weight is 307 g/mol. The lowest BCUT2D eigenvalue weighted by Gasteiger charge is -2.11. The van der Waals surface area contributed by atoms with Crippen LogP contribution in [-0.4, -0.2) is 30.8 Å². The molecule has 0 spiro atoms. The van der Waals surface area contributed by atoms with Gasteiger partial charge in [0.2, 0.25) is 5.91 Å². The number of rotatable bonds is 5. The third-order valence-electron chi connectivity index (χ3n) is 2.65. The minimum atomic E-state index is -0.507. The van der Waals surface area contributed by atoms with Crippen LogP contribution >= 0.6 is 11.8 Å². The fourth-order valence-electron chi connectivity index (χ4n) is 1.53. The SMILES string of the molecule is C[C@H](Sc1nncn1C)C(=O)Nc1cccc([N+](=O)[O-])c1. The van der Waals surface area contributed by atoms with Crippen molar-refractivity contribution in [3.8, 4) is 0 Å². The second kappa shape index (κ2) is 6.35. The second-order valence-electron chi connectivity index (χ2n) is 4.28. The number of non-ortho nitro benzene ring substituents is 1. The monoisotopic (exact) mass is 307 g/mol. The number of amides is 1. The molecule has 2 rings (SSSR count). The van der Waals surface area contributed by atoms with Crippen LogP contribution in [0, 0.1) is 10.1 Å². The first-order chi connectivity index (χ1) is 9.97. The lowest BCUT2D eigenvalue weighted by atomic mass is 10.2. The third kappa shape index (κ3) is 3.78. The Morgan fingerprint density at radius 2 is 2.29 bits per heavy atom. The van der Waals surface area contributed by atoms with Gasteiger partial charge in [-0.05, 0) is 13.0 Å². The molecule has 21 heavy (non-hydrogen) atoms. The van der Waals surface area contributed by atoms with Gasteiger partial charge in [0, 0.05) is 24.9 Å². The smallest absolute Gasteiger partial charge is 0.271 e. The Kier molecular flexibility index (Phi) is 4.53. The highest BCUT2D eigenvalue weighted by Crippen LogP contribution is 2.22. The number of aryl methyl sites for hydroxylation is 1. The fourth-order valence-corrected chi connectivity index (χ4v) is 2.32. The van der Waals surface area contributed by atoms with Gasteiger partial charge in [-0.2, -0.15) is 0 Å². The number of nitrogens with one attached hydrogen (secondary N) is 1. The van der Waals surface area contributed by atoms with Crippen LogP contribution in [0.3, 0.4) is 0 Å². The van der Waals surface area contributed by atoms with E-state index in [1.54, 1.807) is 30.9 Å². The normalized spacial score (nSPS) is 11.9. The Bertz CT molecular complexity index is 672. The molecule has 1 atom stereocenters. The van der Waals surface area contributed by atoms with E-state index in [9.17, 15) is 14.9 Å². The summed E-state index contributed by atoms with van der Waals surface area (Å²) in [5.41, 5.74) is 0.320. The molecule has 0 aliphatic carbocycles. The first-order valence-electron chi connectivity index (χ1n) is 6.03. The molecule has 1 amide bonds. The quantitative estimate of drug-likeness (QED) is 0.513. The molecule has 1 aromatic carbocycles. The van der Waals surface area contributed by atoms with E-state index in [1.807, 2.05) is 0 Å². The van der Waals surface area contributed by atoms with Crippen LogP contribution in [0.15, 0.2) is 35.7 Å². The molecule has 1 heterocycles. The zero-order valence-corrected chi connectivity index (χ0v) is 12.2. The van der Waals surface area contributed by atoms with Crippen LogP contribution in [0.25, 0.3) is 0 Å². The summed E-state index contributed by atoms with van der Waals surface area (Å²) in [5.74, 6) is -0.261. The van der Waals surface area contributed by atoms with Gasteiger partial charge in [0.05, 0.1) is 10.2 Å². The highest BCUT2D eigenvalue weighted by atomic mass is 32.2. The minimum Gasteiger partial charge on any atom is -0.325 e. The van der Waals surface area contributed by atoms with E-state index in [0.717, 1.165) is 0 Å². The van der Waals surface area contributed by atoms with Crippen LogP contribution in [0.2, 0.25) is 0 Å². The van der Waals surface area contributed by atoms with Crippen LogP contribution in [0.1, 0.15) is 6.92 Å². The summed E-state index contributed by atoms with van der Waals surface area (Å²) in [4.78, 5) is 22.3. The van der Waals surface area contributed by atoms with E-state index in [2.05, 4.69) is 15.5 Å². The Hall–Kier alpha value is -2.42. The van der Waals surface area contributed by atoms with Gasteiger partial charge in [0.1, 0.15) is 6.33 Å². The third-order valence-corrected chi connectivity index (χ3v) is 3.79. The molecule has 0 fully saturated rings. The van der Waals surface area contributed by atoms with Gasteiger partial charge in [0.15, 0.2) is 5.16 Å². The summed E-state index contributed by atoms with van der Waals surface area (Å²) in [6.45, 7) is 1.73. The lowest BCUT2D eigenvalue weighted by Crippen LogP contribution is -2.22. The molecule has 0 aliphatic rings. The summed E-state index contributed by atoms with van der Waals surface area (Å²) in [6, 6.07) is 5.81. The van der Waals surface area contributed by atoms with E-state index in [4.69, 9.17) is 0 Å². The molecule has 9 heteroatoms. The van der Waals surface area contributed by atoms with Crippen molar-refractivity contribution < 1.29 is 9.72 Å². The fraction of sp³-hybridized carbons (Fsp3) is 0.250. The van der Waals surface area contributed by atoms with Crippen molar-refractivity contribution in [2.75, 3.05) is 5.32 Å². The molecule has 8 nitrogen and oxygen atoms in total. The topological polar surface area (TPSA) is 103 Å². The van der Waals surface area contributed by atoms with Crippen molar-refractivity contribution in [3.05, 3.63) is 40.7 Å². The first-order valence-corrected chi connectivity index (χ1v) is 6.91. The molecule has 0 saturated heterocycles. The van der Waals surface area contributed by atoms with Crippen molar-refractivity contribution in [3.63, 3.8) is 0 Å². The van der Waals surface area contributed by atoms with Gasteiger partial charge in [-0.25, -0.2) is 0 Å². The van der Waals surface area contributed by atoms with Gasteiger partial charge in [-0.1, -0.05) is 17.8 Å². The number of nitro benzene ring substituents is 1. The number of nitro groups is 1. The molecule has 0 bridgehead atoms. The largest absolute Gasteiger partial charge is 0.325 e. The molecule has 0 unspecified atom stereocenters. The number of carbonyl (C=O) groups is 1. The van der Waals surface area contributed by atoms with Crippen molar-refractivity contribution in [2.45, 2.75) is 17.3 Å². The van der Waals surface area contributed by atoms with Crippen LogP contribution in [0.4, 0.5) is 11.4 Å². The zero-order valence-electron chi connectivity index (χ0n) is 11.4. The summed E-state index contributed by atoms with van der Waals surface area (Å²) in [5, 5.41) is 21.2.